The lowest BCUT2D eigenvalue weighted by molar-refractivity contribution is 0.0718. The third-order valence-electron chi connectivity index (χ3n) is 5.78. The molecule has 0 saturated carbocycles. The van der Waals surface area contributed by atoms with Gasteiger partial charge in [-0.2, -0.15) is 10.4 Å². The number of likely N-dealkylation sites (tertiary alicyclic amines) is 1. The minimum absolute atomic E-state index is 0.0114. The highest BCUT2D eigenvalue weighted by molar-refractivity contribution is 6.32. The molecule has 6 nitrogen and oxygen atoms in total. The topological polar surface area (TPSA) is 74.8 Å². The van der Waals surface area contributed by atoms with Crippen molar-refractivity contribution < 1.29 is 4.79 Å². The zero-order valence-corrected chi connectivity index (χ0v) is 18.5. The molecule has 3 heterocycles. The summed E-state index contributed by atoms with van der Waals surface area (Å²) >= 11 is 6.23. The maximum Gasteiger partial charge on any atom is 0.272 e. The van der Waals surface area contributed by atoms with E-state index < -0.39 is 0 Å². The summed E-state index contributed by atoms with van der Waals surface area (Å²) in [5.41, 5.74) is 5.77. The van der Waals surface area contributed by atoms with Crippen molar-refractivity contribution in [2.75, 3.05) is 13.1 Å². The number of rotatable bonds is 4. The van der Waals surface area contributed by atoms with E-state index in [2.05, 4.69) is 11.1 Å². The van der Waals surface area contributed by atoms with Crippen molar-refractivity contribution in [2.45, 2.75) is 39.7 Å². The molecular weight excluding hydrogens is 410 g/mol. The SMILES string of the molecule is Cc1nn(Cc2ccc(C(=O)N3CCCCC3)nc2)c(C)c1-c1ccc(C#N)c(Cl)c1. The molecule has 158 valence electrons. The minimum atomic E-state index is 0.0114. The van der Waals surface area contributed by atoms with Gasteiger partial charge in [0.1, 0.15) is 11.8 Å². The Morgan fingerprint density at radius 1 is 1.16 bits per heavy atom. The van der Waals surface area contributed by atoms with E-state index in [0.29, 0.717) is 22.8 Å². The number of nitrogens with zero attached hydrogens (tertiary/aromatic N) is 5. The lowest BCUT2D eigenvalue weighted by Gasteiger charge is -2.26. The fraction of sp³-hybridized carbons (Fsp3) is 0.333. The summed E-state index contributed by atoms with van der Waals surface area (Å²) in [4.78, 5) is 18.9. The quantitative estimate of drug-likeness (QED) is 0.594. The van der Waals surface area contributed by atoms with Crippen LogP contribution in [0.15, 0.2) is 36.5 Å². The smallest absolute Gasteiger partial charge is 0.272 e. The summed E-state index contributed by atoms with van der Waals surface area (Å²) in [7, 11) is 0. The predicted octanol–water partition coefficient (Wildman–Crippen LogP) is 4.76. The monoisotopic (exact) mass is 433 g/mol. The summed E-state index contributed by atoms with van der Waals surface area (Å²) in [6.45, 7) is 6.17. The molecule has 7 heteroatoms. The third kappa shape index (κ3) is 4.33. The number of benzene rings is 1. The molecule has 4 rings (SSSR count). The summed E-state index contributed by atoms with van der Waals surface area (Å²) in [6, 6.07) is 11.3. The van der Waals surface area contributed by atoms with Gasteiger partial charge in [0.15, 0.2) is 0 Å². The van der Waals surface area contributed by atoms with Gasteiger partial charge in [-0.05, 0) is 62.4 Å². The number of aryl methyl sites for hydroxylation is 1. The number of halogens is 1. The van der Waals surface area contributed by atoms with Gasteiger partial charge in [0.2, 0.25) is 0 Å². The molecule has 3 aromatic rings. The lowest BCUT2D eigenvalue weighted by Crippen LogP contribution is -2.36. The maximum atomic E-state index is 12.6. The van der Waals surface area contributed by atoms with Gasteiger partial charge in [-0.25, -0.2) is 0 Å². The van der Waals surface area contributed by atoms with Gasteiger partial charge in [0.05, 0.1) is 22.8 Å². The highest BCUT2D eigenvalue weighted by atomic mass is 35.5. The van der Waals surface area contributed by atoms with Gasteiger partial charge in [-0.3, -0.25) is 14.5 Å². The van der Waals surface area contributed by atoms with Crippen LogP contribution in [0.5, 0.6) is 0 Å². The molecule has 0 unspecified atom stereocenters. The molecule has 1 saturated heterocycles. The molecular formula is C24H24ClN5O. The van der Waals surface area contributed by atoms with Gasteiger partial charge in [0.25, 0.3) is 5.91 Å². The van der Waals surface area contributed by atoms with Crippen molar-refractivity contribution in [3.8, 4) is 17.2 Å². The van der Waals surface area contributed by atoms with Crippen LogP contribution in [0.2, 0.25) is 5.02 Å². The van der Waals surface area contributed by atoms with Crippen LogP contribution in [-0.4, -0.2) is 38.7 Å². The Morgan fingerprint density at radius 3 is 2.58 bits per heavy atom. The largest absolute Gasteiger partial charge is 0.337 e. The molecule has 0 spiro atoms. The van der Waals surface area contributed by atoms with Gasteiger partial charge in [-0.1, -0.05) is 23.7 Å². The average Bonchev–Trinajstić information content (AvgIpc) is 3.07. The first-order valence-electron chi connectivity index (χ1n) is 10.5. The molecule has 1 amide bonds. The molecule has 0 radical (unpaired) electrons. The van der Waals surface area contributed by atoms with Crippen LogP contribution in [0.1, 0.15) is 52.3 Å². The van der Waals surface area contributed by atoms with Crippen molar-refractivity contribution >= 4 is 17.5 Å². The molecule has 1 aliphatic rings. The van der Waals surface area contributed by atoms with E-state index >= 15 is 0 Å². The molecule has 1 aliphatic heterocycles. The van der Waals surface area contributed by atoms with Crippen molar-refractivity contribution in [3.63, 3.8) is 0 Å². The molecule has 0 bridgehead atoms. The number of aromatic nitrogens is 3. The van der Waals surface area contributed by atoms with E-state index in [9.17, 15) is 4.79 Å². The number of hydrogen-bond acceptors (Lipinski definition) is 4. The molecule has 0 N–H and O–H groups in total. The standard InChI is InChI=1S/C24H24ClN5O/c1-16-23(19-7-8-20(13-26)21(25)12-19)17(2)30(28-16)15-18-6-9-22(27-14-18)24(31)29-10-4-3-5-11-29/h6-9,12,14H,3-5,10-11,15H2,1-2H3. The van der Waals surface area contributed by atoms with Crippen LogP contribution in [0.25, 0.3) is 11.1 Å². The van der Waals surface area contributed by atoms with E-state index in [1.807, 2.05) is 41.6 Å². The second kappa shape index (κ2) is 8.91. The highest BCUT2D eigenvalue weighted by Gasteiger charge is 2.19. The number of pyridine rings is 1. The van der Waals surface area contributed by atoms with E-state index in [4.69, 9.17) is 22.0 Å². The number of hydrogen-bond donors (Lipinski definition) is 0. The summed E-state index contributed by atoms with van der Waals surface area (Å²) in [5, 5.41) is 14.2. The zero-order valence-electron chi connectivity index (χ0n) is 17.7. The number of carbonyl (C=O) groups excluding carboxylic acids is 1. The van der Waals surface area contributed by atoms with Gasteiger partial charge in [0, 0.05) is 30.5 Å². The maximum absolute atomic E-state index is 12.6. The van der Waals surface area contributed by atoms with E-state index in [1.54, 1.807) is 18.3 Å². The second-order valence-corrected chi connectivity index (χ2v) is 8.32. The summed E-state index contributed by atoms with van der Waals surface area (Å²) in [6.07, 6.45) is 5.07. The number of piperidine rings is 1. The van der Waals surface area contributed by atoms with E-state index in [1.165, 1.54) is 6.42 Å². The second-order valence-electron chi connectivity index (χ2n) is 7.91. The van der Waals surface area contributed by atoms with E-state index in [-0.39, 0.29) is 5.91 Å². The van der Waals surface area contributed by atoms with Crippen molar-refractivity contribution in [1.82, 2.24) is 19.7 Å². The Bertz CT molecular complexity index is 1150. The molecule has 0 atom stereocenters. The van der Waals surface area contributed by atoms with Crippen LogP contribution in [-0.2, 0) is 6.54 Å². The molecule has 31 heavy (non-hydrogen) atoms. The van der Waals surface area contributed by atoms with Crippen molar-refractivity contribution in [3.05, 3.63) is 69.8 Å². The Balaban J connectivity index is 1.54. The Hall–Kier alpha value is -3.17. The Kier molecular flexibility index (Phi) is 6.06. The van der Waals surface area contributed by atoms with Gasteiger partial charge >= 0.3 is 0 Å². The normalized spacial score (nSPS) is 13.8. The van der Waals surface area contributed by atoms with Crippen LogP contribution < -0.4 is 0 Å². The first-order chi connectivity index (χ1) is 15.0. The fourth-order valence-corrected chi connectivity index (χ4v) is 4.33. The molecule has 0 aliphatic carbocycles. The van der Waals surface area contributed by atoms with Crippen LogP contribution in [0.3, 0.4) is 0 Å². The average molecular weight is 434 g/mol. The van der Waals surface area contributed by atoms with E-state index in [0.717, 1.165) is 54.0 Å². The molecule has 2 aromatic heterocycles. The van der Waals surface area contributed by atoms with Crippen LogP contribution >= 0.6 is 11.6 Å². The Morgan fingerprint density at radius 2 is 1.94 bits per heavy atom. The first kappa shape index (κ1) is 21.1. The lowest BCUT2D eigenvalue weighted by atomic mass is 10.0. The fourth-order valence-electron chi connectivity index (χ4n) is 4.11. The van der Waals surface area contributed by atoms with Crippen molar-refractivity contribution in [1.29, 1.82) is 5.26 Å². The number of carbonyl (C=O) groups is 1. The predicted molar refractivity (Wildman–Crippen MR) is 120 cm³/mol. The Labute approximate surface area is 187 Å². The number of amides is 1. The minimum Gasteiger partial charge on any atom is -0.337 e. The van der Waals surface area contributed by atoms with Crippen LogP contribution in [0.4, 0.5) is 0 Å². The van der Waals surface area contributed by atoms with Gasteiger partial charge in [-0.15, -0.1) is 0 Å². The first-order valence-corrected chi connectivity index (χ1v) is 10.8. The third-order valence-corrected chi connectivity index (χ3v) is 6.09. The van der Waals surface area contributed by atoms with Gasteiger partial charge < -0.3 is 4.90 Å². The summed E-state index contributed by atoms with van der Waals surface area (Å²) < 4.78 is 1.93. The zero-order chi connectivity index (χ0) is 22.0. The summed E-state index contributed by atoms with van der Waals surface area (Å²) in [5.74, 6) is 0.0114. The molecule has 1 fully saturated rings. The highest BCUT2D eigenvalue weighted by Crippen LogP contribution is 2.30. The van der Waals surface area contributed by atoms with Crippen LogP contribution in [0, 0.1) is 25.2 Å². The molecule has 1 aromatic carbocycles. The number of nitriles is 1. The van der Waals surface area contributed by atoms with Crippen molar-refractivity contribution in [2.24, 2.45) is 0 Å².